The maximum absolute atomic E-state index is 12.7. The molecule has 0 bridgehead atoms. The molecule has 122 valence electrons. The minimum atomic E-state index is -0.672. The molecule has 5 nitrogen and oxygen atoms in total. The van der Waals surface area contributed by atoms with Crippen LogP contribution in [0.25, 0.3) is 0 Å². The van der Waals surface area contributed by atoms with Crippen LogP contribution >= 0.6 is 0 Å². The van der Waals surface area contributed by atoms with Crippen LogP contribution < -0.4 is 10.1 Å². The van der Waals surface area contributed by atoms with Crippen molar-refractivity contribution in [3.8, 4) is 5.75 Å². The predicted molar refractivity (Wildman–Crippen MR) is 90.3 cm³/mol. The number of rotatable bonds is 2. The number of fused-ring (bicyclic) bond motifs is 2. The Balaban J connectivity index is 1.67. The van der Waals surface area contributed by atoms with E-state index in [1.807, 2.05) is 36.4 Å². The van der Waals surface area contributed by atoms with Crippen LogP contribution in [0.4, 0.5) is 5.69 Å². The summed E-state index contributed by atoms with van der Waals surface area (Å²) >= 11 is 0. The average molecular weight is 322 g/mol. The van der Waals surface area contributed by atoms with Crippen molar-refractivity contribution < 1.29 is 14.3 Å². The van der Waals surface area contributed by atoms with Crippen molar-refractivity contribution in [2.24, 2.45) is 0 Å². The van der Waals surface area contributed by atoms with Gasteiger partial charge >= 0.3 is 0 Å². The van der Waals surface area contributed by atoms with E-state index < -0.39 is 5.41 Å². The molecule has 2 aliphatic rings. The summed E-state index contributed by atoms with van der Waals surface area (Å²) in [5.74, 6) is 0.656. The zero-order valence-electron chi connectivity index (χ0n) is 13.4. The molecule has 0 radical (unpaired) electrons. The lowest BCUT2D eigenvalue weighted by molar-refractivity contribution is -0.120. The molecule has 2 heterocycles. The van der Waals surface area contributed by atoms with E-state index in [9.17, 15) is 9.59 Å². The first kappa shape index (κ1) is 14.8. The van der Waals surface area contributed by atoms with Gasteiger partial charge in [-0.05, 0) is 42.3 Å². The van der Waals surface area contributed by atoms with Crippen LogP contribution in [0, 0.1) is 0 Å². The number of hydrogen-bond donors (Lipinski definition) is 1. The topological polar surface area (TPSA) is 58.6 Å². The Morgan fingerprint density at radius 3 is 2.75 bits per heavy atom. The van der Waals surface area contributed by atoms with E-state index >= 15 is 0 Å². The largest absolute Gasteiger partial charge is 0.497 e. The molecule has 0 aromatic heterocycles. The third kappa shape index (κ3) is 2.08. The number of benzene rings is 2. The van der Waals surface area contributed by atoms with Gasteiger partial charge < -0.3 is 15.0 Å². The fourth-order valence-electron chi connectivity index (χ4n) is 3.67. The number of likely N-dealkylation sites (tertiary alicyclic amines) is 1. The average Bonchev–Trinajstić information content (AvgIpc) is 3.18. The summed E-state index contributed by atoms with van der Waals surface area (Å²) in [5.41, 5.74) is 1.72. The van der Waals surface area contributed by atoms with Crippen LogP contribution in [-0.2, 0) is 10.2 Å². The van der Waals surface area contributed by atoms with Crippen molar-refractivity contribution >= 4 is 17.5 Å². The molecule has 1 atom stereocenters. The number of nitrogens with one attached hydrogen (secondary N) is 1. The Morgan fingerprint density at radius 2 is 2.00 bits per heavy atom. The highest BCUT2D eigenvalue weighted by atomic mass is 16.5. The molecule has 2 aliphatic heterocycles. The second-order valence-corrected chi connectivity index (χ2v) is 6.29. The highest BCUT2D eigenvalue weighted by Gasteiger charge is 2.52. The van der Waals surface area contributed by atoms with Gasteiger partial charge in [-0.2, -0.15) is 0 Å². The third-order valence-electron chi connectivity index (χ3n) is 5.00. The van der Waals surface area contributed by atoms with E-state index in [0.717, 1.165) is 17.0 Å². The second-order valence-electron chi connectivity index (χ2n) is 6.29. The summed E-state index contributed by atoms with van der Waals surface area (Å²) in [5, 5.41) is 2.95. The van der Waals surface area contributed by atoms with Gasteiger partial charge in [0.05, 0.1) is 12.5 Å². The molecule has 0 aliphatic carbocycles. The smallest absolute Gasteiger partial charge is 0.253 e. The molecular weight excluding hydrogens is 304 g/mol. The van der Waals surface area contributed by atoms with Crippen molar-refractivity contribution in [3.63, 3.8) is 0 Å². The number of amides is 2. The fraction of sp³-hybridized carbons (Fsp3) is 0.263. The Labute approximate surface area is 140 Å². The molecule has 2 amide bonds. The minimum absolute atomic E-state index is 0.0309. The molecule has 2 aromatic carbocycles. The number of methoxy groups -OCH3 is 1. The fourth-order valence-corrected chi connectivity index (χ4v) is 3.67. The highest BCUT2D eigenvalue weighted by Crippen LogP contribution is 2.45. The van der Waals surface area contributed by atoms with Gasteiger partial charge in [0.1, 0.15) is 5.75 Å². The molecule has 24 heavy (non-hydrogen) atoms. The van der Waals surface area contributed by atoms with E-state index in [4.69, 9.17) is 4.74 Å². The first-order chi connectivity index (χ1) is 11.6. The number of anilines is 1. The number of ether oxygens (including phenoxy) is 1. The number of nitrogens with zero attached hydrogens (tertiary/aromatic N) is 1. The maximum Gasteiger partial charge on any atom is 0.253 e. The summed E-state index contributed by atoms with van der Waals surface area (Å²) in [4.78, 5) is 27.1. The van der Waals surface area contributed by atoms with Crippen LogP contribution in [0.15, 0.2) is 48.5 Å². The first-order valence-corrected chi connectivity index (χ1v) is 7.98. The lowest BCUT2D eigenvalue weighted by Gasteiger charge is -2.23. The van der Waals surface area contributed by atoms with E-state index in [2.05, 4.69) is 5.32 Å². The normalized spacial score (nSPS) is 21.7. The van der Waals surface area contributed by atoms with Gasteiger partial charge in [-0.3, -0.25) is 9.59 Å². The van der Waals surface area contributed by atoms with Gasteiger partial charge in [-0.25, -0.2) is 0 Å². The molecule has 4 rings (SSSR count). The van der Waals surface area contributed by atoms with Crippen LogP contribution in [-0.4, -0.2) is 36.9 Å². The molecule has 0 saturated carbocycles. The Bertz CT molecular complexity index is 819. The van der Waals surface area contributed by atoms with Crippen molar-refractivity contribution in [2.75, 3.05) is 25.5 Å². The van der Waals surface area contributed by atoms with Gasteiger partial charge in [0, 0.05) is 24.3 Å². The summed E-state index contributed by atoms with van der Waals surface area (Å²) in [7, 11) is 1.61. The lowest BCUT2D eigenvalue weighted by Crippen LogP contribution is -2.39. The summed E-state index contributed by atoms with van der Waals surface area (Å²) < 4.78 is 5.30. The predicted octanol–water partition coefficient (Wildman–Crippen LogP) is 2.43. The van der Waals surface area contributed by atoms with Gasteiger partial charge in [-0.15, -0.1) is 0 Å². The molecule has 2 aromatic rings. The molecule has 1 N–H and O–H groups in total. The number of carbonyl (C=O) groups is 2. The van der Waals surface area contributed by atoms with Crippen molar-refractivity contribution in [2.45, 2.75) is 11.8 Å². The summed E-state index contributed by atoms with van der Waals surface area (Å²) in [6, 6.07) is 14.8. The summed E-state index contributed by atoms with van der Waals surface area (Å²) in [6.07, 6.45) is 0.623. The molecule has 1 unspecified atom stereocenters. The lowest BCUT2D eigenvalue weighted by atomic mass is 9.81. The van der Waals surface area contributed by atoms with Crippen molar-refractivity contribution in [1.29, 1.82) is 0 Å². The quantitative estimate of drug-likeness (QED) is 0.924. The Hall–Kier alpha value is -2.82. The molecule has 1 fully saturated rings. The van der Waals surface area contributed by atoms with Crippen molar-refractivity contribution in [3.05, 3.63) is 59.7 Å². The molecule has 1 spiro atoms. The van der Waals surface area contributed by atoms with E-state index in [1.165, 1.54) is 0 Å². The first-order valence-electron chi connectivity index (χ1n) is 7.98. The number of carbonyl (C=O) groups excluding carboxylic acids is 2. The van der Waals surface area contributed by atoms with Gasteiger partial charge in [0.2, 0.25) is 5.91 Å². The van der Waals surface area contributed by atoms with Gasteiger partial charge in [-0.1, -0.05) is 18.2 Å². The molecule has 1 saturated heterocycles. The highest BCUT2D eigenvalue weighted by molar-refractivity contribution is 6.07. The van der Waals surface area contributed by atoms with Crippen molar-refractivity contribution in [1.82, 2.24) is 4.90 Å². The zero-order chi connectivity index (χ0) is 16.7. The SMILES string of the molecule is COc1ccc2c(c1)C1(CCN(C(=O)c3ccccc3)C1)C(=O)N2. The monoisotopic (exact) mass is 322 g/mol. The van der Waals surface area contributed by atoms with E-state index in [0.29, 0.717) is 25.1 Å². The third-order valence-corrected chi connectivity index (χ3v) is 5.00. The van der Waals surface area contributed by atoms with E-state index in [1.54, 1.807) is 24.1 Å². The van der Waals surface area contributed by atoms with E-state index in [-0.39, 0.29) is 11.8 Å². The second kappa shape index (κ2) is 5.37. The van der Waals surface area contributed by atoms with Crippen LogP contribution in [0.1, 0.15) is 22.3 Å². The van der Waals surface area contributed by atoms with Gasteiger partial charge in [0.25, 0.3) is 5.91 Å². The van der Waals surface area contributed by atoms with Gasteiger partial charge in [0.15, 0.2) is 0 Å². The Morgan fingerprint density at radius 1 is 1.21 bits per heavy atom. The maximum atomic E-state index is 12.7. The summed E-state index contributed by atoms with van der Waals surface area (Å²) in [6.45, 7) is 0.963. The van der Waals surface area contributed by atoms with Crippen LogP contribution in [0.5, 0.6) is 5.75 Å². The number of hydrogen-bond acceptors (Lipinski definition) is 3. The molecule has 5 heteroatoms. The van der Waals surface area contributed by atoms with Crippen LogP contribution in [0.3, 0.4) is 0 Å². The standard InChI is InChI=1S/C19H18N2O3/c1-24-14-7-8-16-15(11-14)19(18(23)20-16)9-10-21(12-19)17(22)13-5-3-2-4-6-13/h2-8,11H,9-10,12H2,1H3,(H,20,23). The Kier molecular flexibility index (Phi) is 3.30. The molecular formula is C19H18N2O3. The van der Waals surface area contributed by atoms with Crippen LogP contribution in [0.2, 0.25) is 0 Å². The zero-order valence-corrected chi connectivity index (χ0v) is 13.4. The minimum Gasteiger partial charge on any atom is -0.497 e.